The van der Waals surface area contributed by atoms with E-state index in [9.17, 15) is 14.4 Å². The van der Waals surface area contributed by atoms with Crippen molar-refractivity contribution in [2.24, 2.45) is 5.73 Å². The maximum absolute atomic E-state index is 12.2. The molecule has 1 aromatic heterocycles. The molecule has 1 aromatic carbocycles. The Morgan fingerprint density at radius 2 is 2.00 bits per heavy atom. The number of rotatable bonds is 6. The summed E-state index contributed by atoms with van der Waals surface area (Å²) >= 11 is 1.41. The maximum atomic E-state index is 12.2. The molecule has 7 heteroatoms. The third kappa shape index (κ3) is 3.57. The Labute approximate surface area is 124 Å². The van der Waals surface area contributed by atoms with Crippen LogP contribution in [0.3, 0.4) is 0 Å². The van der Waals surface area contributed by atoms with Crippen LogP contribution in [0, 0.1) is 0 Å². The normalized spacial score (nSPS) is 12.0. The largest absolute Gasteiger partial charge is 0.480 e. The number of fused-ring (bicyclic) bond motifs is 1. The summed E-state index contributed by atoms with van der Waals surface area (Å²) in [4.78, 5) is 34.0. The van der Waals surface area contributed by atoms with E-state index >= 15 is 0 Å². The Balaban J connectivity index is 2.15. The van der Waals surface area contributed by atoms with Crippen LogP contribution in [0.1, 0.15) is 23.2 Å². The zero-order chi connectivity index (χ0) is 15.4. The Hall–Kier alpha value is -2.41. The molecule has 0 unspecified atom stereocenters. The lowest BCUT2D eigenvalue weighted by atomic mass is 10.1. The number of carbonyl (C=O) groups excluding carboxylic acids is 2. The van der Waals surface area contributed by atoms with Gasteiger partial charge in [-0.25, -0.2) is 4.79 Å². The fourth-order valence-electron chi connectivity index (χ4n) is 1.93. The summed E-state index contributed by atoms with van der Waals surface area (Å²) in [6, 6.07) is 6.24. The van der Waals surface area contributed by atoms with Gasteiger partial charge in [0.05, 0.1) is 5.56 Å². The number of carboxylic acid groups (broad SMARTS) is 1. The minimum Gasteiger partial charge on any atom is -0.480 e. The van der Waals surface area contributed by atoms with E-state index in [0.29, 0.717) is 5.56 Å². The predicted molar refractivity (Wildman–Crippen MR) is 79.1 cm³/mol. The molecule has 0 radical (unpaired) electrons. The summed E-state index contributed by atoms with van der Waals surface area (Å²) in [5.41, 5.74) is 5.43. The third-order valence-corrected chi connectivity index (χ3v) is 3.97. The van der Waals surface area contributed by atoms with Gasteiger partial charge in [-0.2, -0.15) is 0 Å². The molecule has 0 aliphatic heterocycles. The summed E-state index contributed by atoms with van der Waals surface area (Å²) in [6.07, 6.45) is -0.125. The van der Waals surface area contributed by atoms with Gasteiger partial charge >= 0.3 is 5.97 Å². The predicted octanol–water partition coefficient (Wildman–Crippen LogP) is 1.35. The molecule has 0 aliphatic rings. The molecule has 0 fully saturated rings. The van der Waals surface area contributed by atoms with E-state index in [1.807, 2.05) is 18.2 Å². The zero-order valence-electron chi connectivity index (χ0n) is 11.0. The van der Waals surface area contributed by atoms with Crippen molar-refractivity contribution in [1.29, 1.82) is 0 Å². The molecule has 4 N–H and O–H groups in total. The number of carbonyl (C=O) groups is 3. The molecule has 2 rings (SSSR count). The number of hydrogen-bond donors (Lipinski definition) is 3. The third-order valence-electron chi connectivity index (χ3n) is 3.01. The first-order valence-electron chi connectivity index (χ1n) is 6.27. The van der Waals surface area contributed by atoms with Crippen LogP contribution in [0.15, 0.2) is 29.6 Å². The van der Waals surface area contributed by atoms with E-state index < -0.39 is 23.8 Å². The molecule has 0 bridgehead atoms. The monoisotopic (exact) mass is 306 g/mol. The van der Waals surface area contributed by atoms with Crippen LogP contribution in [0.4, 0.5) is 0 Å². The van der Waals surface area contributed by atoms with Crippen LogP contribution in [0.25, 0.3) is 10.1 Å². The van der Waals surface area contributed by atoms with Crippen molar-refractivity contribution < 1.29 is 19.5 Å². The fraction of sp³-hybridized carbons (Fsp3) is 0.214. The quantitative estimate of drug-likeness (QED) is 0.748. The van der Waals surface area contributed by atoms with Gasteiger partial charge in [-0.05, 0) is 12.5 Å². The van der Waals surface area contributed by atoms with E-state index in [4.69, 9.17) is 10.8 Å². The average Bonchev–Trinajstić information content (AvgIpc) is 2.86. The van der Waals surface area contributed by atoms with Crippen molar-refractivity contribution in [3.05, 3.63) is 35.2 Å². The van der Waals surface area contributed by atoms with Crippen LogP contribution in [0.5, 0.6) is 0 Å². The Morgan fingerprint density at radius 1 is 1.29 bits per heavy atom. The molecular formula is C14H14N2O4S. The van der Waals surface area contributed by atoms with Crippen molar-refractivity contribution >= 4 is 39.2 Å². The number of benzene rings is 1. The summed E-state index contributed by atoms with van der Waals surface area (Å²) < 4.78 is 0.951. The number of primary amides is 1. The number of amides is 2. The minimum atomic E-state index is -1.19. The number of carboxylic acids is 1. The molecule has 1 atom stereocenters. The second kappa shape index (κ2) is 6.36. The Morgan fingerprint density at radius 3 is 2.67 bits per heavy atom. The first kappa shape index (κ1) is 15.0. The van der Waals surface area contributed by atoms with E-state index in [2.05, 4.69) is 5.32 Å². The average molecular weight is 306 g/mol. The SMILES string of the molecule is NC(=O)CC[C@H](NC(=O)c1csc2ccccc12)C(=O)O. The van der Waals surface area contributed by atoms with Crippen molar-refractivity contribution in [2.45, 2.75) is 18.9 Å². The highest BCUT2D eigenvalue weighted by molar-refractivity contribution is 7.17. The van der Waals surface area contributed by atoms with Crippen molar-refractivity contribution in [3.8, 4) is 0 Å². The second-order valence-corrected chi connectivity index (χ2v) is 5.43. The first-order valence-corrected chi connectivity index (χ1v) is 7.15. The van der Waals surface area contributed by atoms with Gasteiger partial charge in [0, 0.05) is 21.9 Å². The van der Waals surface area contributed by atoms with E-state index in [-0.39, 0.29) is 12.8 Å². The topological polar surface area (TPSA) is 109 Å². The lowest BCUT2D eigenvalue weighted by Gasteiger charge is -2.13. The molecule has 0 aliphatic carbocycles. The van der Waals surface area contributed by atoms with Crippen LogP contribution < -0.4 is 11.1 Å². The highest BCUT2D eigenvalue weighted by Crippen LogP contribution is 2.25. The molecule has 2 amide bonds. The molecule has 2 aromatic rings. The van der Waals surface area contributed by atoms with Crippen LogP contribution >= 0.6 is 11.3 Å². The summed E-state index contributed by atoms with van der Waals surface area (Å²) in [5.74, 6) is -2.26. The smallest absolute Gasteiger partial charge is 0.326 e. The summed E-state index contributed by atoms with van der Waals surface area (Å²) in [6.45, 7) is 0. The number of thiophene rings is 1. The highest BCUT2D eigenvalue weighted by Gasteiger charge is 2.22. The second-order valence-electron chi connectivity index (χ2n) is 4.51. The highest BCUT2D eigenvalue weighted by atomic mass is 32.1. The first-order chi connectivity index (χ1) is 9.99. The van der Waals surface area contributed by atoms with Crippen molar-refractivity contribution in [1.82, 2.24) is 5.32 Å². The molecule has 1 heterocycles. The van der Waals surface area contributed by atoms with Crippen LogP contribution in [0.2, 0.25) is 0 Å². The van der Waals surface area contributed by atoms with Gasteiger partial charge in [0.1, 0.15) is 6.04 Å². The number of hydrogen-bond acceptors (Lipinski definition) is 4. The Kier molecular flexibility index (Phi) is 4.54. The fourth-order valence-corrected chi connectivity index (χ4v) is 2.87. The van der Waals surface area contributed by atoms with Gasteiger partial charge in [0.25, 0.3) is 5.91 Å². The minimum absolute atomic E-state index is 0.0293. The molecule has 110 valence electrons. The van der Waals surface area contributed by atoms with E-state index in [0.717, 1.165) is 10.1 Å². The molecule has 0 spiro atoms. The van der Waals surface area contributed by atoms with Gasteiger partial charge in [0.2, 0.25) is 5.91 Å². The lowest BCUT2D eigenvalue weighted by molar-refractivity contribution is -0.139. The van der Waals surface area contributed by atoms with Gasteiger partial charge in [0.15, 0.2) is 0 Å². The molecule has 21 heavy (non-hydrogen) atoms. The zero-order valence-corrected chi connectivity index (χ0v) is 11.9. The van der Waals surface area contributed by atoms with Crippen LogP contribution in [-0.2, 0) is 9.59 Å². The molecule has 0 saturated carbocycles. The standard InChI is InChI=1S/C14H14N2O4S/c15-12(17)6-5-10(14(19)20)16-13(18)9-7-21-11-4-2-1-3-8(9)11/h1-4,7,10H,5-6H2,(H2,15,17)(H,16,18)(H,19,20)/t10-/m0/s1. The van der Waals surface area contributed by atoms with E-state index in [1.54, 1.807) is 11.4 Å². The molecule has 6 nitrogen and oxygen atoms in total. The summed E-state index contributed by atoms with van der Waals surface area (Å²) in [7, 11) is 0. The van der Waals surface area contributed by atoms with E-state index in [1.165, 1.54) is 11.3 Å². The van der Waals surface area contributed by atoms with Gasteiger partial charge in [-0.15, -0.1) is 11.3 Å². The number of nitrogens with one attached hydrogen (secondary N) is 1. The maximum Gasteiger partial charge on any atom is 0.326 e. The van der Waals surface area contributed by atoms with Crippen molar-refractivity contribution in [3.63, 3.8) is 0 Å². The van der Waals surface area contributed by atoms with Gasteiger partial charge in [-0.3, -0.25) is 9.59 Å². The summed E-state index contributed by atoms with van der Waals surface area (Å²) in [5, 5.41) is 14.0. The number of aliphatic carboxylic acids is 1. The molecule has 0 saturated heterocycles. The Bertz CT molecular complexity index is 695. The molecular weight excluding hydrogens is 292 g/mol. The lowest BCUT2D eigenvalue weighted by Crippen LogP contribution is -2.41. The number of nitrogens with two attached hydrogens (primary N) is 1. The van der Waals surface area contributed by atoms with Gasteiger partial charge in [-0.1, -0.05) is 18.2 Å². The van der Waals surface area contributed by atoms with Crippen molar-refractivity contribution in [2.75, 3.05) is 0 Å². The van der Waals surface area contributed by atoms with Crippen LogP contribution in [-0.4, -0.2) is 28.9 Å². The van der Waals surface area contributed by atoms with Gasteiger partial charge < -0.3 is 16.2 Å².